The van der Waals surface area contributed by atoms with Crippen molar-refractivity contribution in [3.05, 3.63) is 0 Å². The van der Waals surface area contributed by atoms with Gasteiger partial charge in [-0.15, -0.1) is 0 Å². The van der Waals surface area contributed by atoms with Crippen LogP contribution in [0.5, 0.6) is 0 Å². The van der Waals surface area contributed by atoms with Gasteiger partial charge in [0.15, 0.2) is 6.29 Å². The Kier molecular flexibility index (Phi) is 6.51. The van der Waals surface area contributed by atoms with Crippen molar-refractivity contribution in [1.82, 2.24) is 5.32 Å². The van der Waals surface area contributed by atoms with Crippen LogP contribution in [0, 0.1) is 5.92 Å². The van der Waals surface area contributed by atoms with Crippen molar-refractivity contribution in [2.75, 3.05) is 27.3 Å². The molecule has 1 N–H and O–H groups in total. The number of hydrogen-bond donors (Lipinski definition) is 1. The third-order valence-electron chi connectivity index (χ3n) is 1.39. The second-order valence-electron chi connectivity index (χ2n) is 2.95. The van der Waals surface area contributed by atoms with Crippen LogP contribution in [0.15, 0.2) is 0 Å². The molecule has 0 aromatic carbocycles. The molecular formula is C8H19NO2. The minimum atomic E-state index is -0.117. The lowest BCUT2D eigenvalue weighted by Gasteiger charge is -2.14. The maximum Gasteiger partial charge on any atom is 0.169 e. The van der Waals surface area contributed by atoms with Gasteiger partial charge in [-0.25, -0.2) is 0 Å². The van der Waals surface area contributed by atoms with Gasteiger partial charge < -0.3 is 14.8 Å². The topological polar surface area (TPSA) is 30.5 Å². The molecular weight excluding hydrogens is 142 g/mol. The highest BCUT2D eigenvalue weighted by Crippen LogP contribution is 1.90. The maximum absolute atomic E-state index is 5.00. The summed E-state index contributed by atoms with van der Waals surface area (Å²) < 4.78 is 9.99. The van der Waals surface area contributed by atoms with Gasteiger partial charge in [-0.05, 0) is 12.5 Å². The largest absolute Gasteiger partial charge is 0.355 e. The van der Waals surface area contributed by atoms with Crippen molar-refractivity contribution in [3.8, 4) is 0 Å². The zero-order valence-electron chi connectivity index (χ0n) is 7.89. The van der Waals surface area contributed by atoms with Gasteiger partial charge in [0.1, 0.15) is 0 Å². The average molecular weight is 161 g/mol. The van der Waals surface area contributed by atoms with Crippen LogP contribution in [0.1, 0.15) is 13.8 Å². The normalized spacial score (nSPS) is 11.5. The maximum atomic E-state index is 5.00. The molecule has 0 heterocycles. The molecule has 68 valence electrons. The van der Waals surface area contributed by atoms with E-state index < -0.39 is 0 Å². The van der Waals surface area contributed by atoms with E-state index in [1.807, 2.05) is 0 Å². The first-order valence-electron chi connectivity index (χ1n) is 3.97. The molecule has 0 saturated heterocycles. The summed E-state index contributed by atoms with van der Waals surface area (Å²) >= 11 is 0. The molecule has 0 aliphatic rings. The van der Waals surface area contributed by atoms with Crippen molar-refractivity contribution in [2.24, 2.45) is 5.92 Å². The molecule has 3 nitrogen and oxygen atoms in total. The first-order valence-corrected chi connectivity index (χ1v) is 3.97. The summed E-state index contributed by atoms with van der Waals surface area (Å²) in [7, 11) is 3.29. The smallest absolute Gasteiger partial charge is 0.169 e. The quantitative estimate of drug-likeness (QED) is 0.586. The van der Waals surface area contributed by atoms with Crippen molar-refractivity contribution in [2.45, 2.75) is 20.1 Å². The molecule has 0 aromatic heterocycles. The van der Waals surface area contributed by atoms with Gasteiger partial charge in [0, 0.05) is 20.8 Å². The number of rotatable bonds is 6. The van der Waals surface area contributed by atoms with E-state index in [2.05, 4.69) is 19.2 Å². The molecule has 0 unspecified atom stereocenters. The Labute approximate surface area is 69.1 Å². The van der Waals surface area contributed by atoms with Gasteiger partial charge in [-0.2, -0.15) is 0 Å². The van der Waals surface area contributed by atoms with Crippen LogP contribution in [0.25, 0.3) is 0 Å². The Hall–Kier alpha value is -0.120. The summed E-state index contributed by atoms with van der Waals surface area (Å²) in [6.45, 7) is 6.09. The predicted octanol–water partition coefficient (Wildman–Crippen LogP) is 0.851. The summed E-state index contributed by atoms with van der Waals surface area (Å²) in [6.07, 6.45) is -0.117. The summed E-state index contributed by atoms with van der Waals surface area (Å²) in [6, 6.07) is 0. The summed E-state index contributed by atoms with van der Waals surface area (Å²) in [5.74, 6) is 0.671. The lowest BCUT2D eigenvalue weighted by Crippen LogP contribution is -2.31. The molecule has 0 saturated carbocycles. The number of nitrogens with one attached hydrogen (secondary N) is 1. The minimum Gasteiger partial charge on any atom is -0.355 e. The van der Waals surface area contributed by atoms with Gasteiger partial charge in [0.2, 0.25) is 0 Å². The van der Waals surface area contributed by atoms with Crippen molar-refractivity contribution < 1.29 is 9.47 Å². The first kappa shape index (κ1) is 10.9. The van der Waals surface area contributed by atoms with Gasteiger partial charge >= 0.3 is 0 Å². The van der Waals surface area contributed by atoms with Gasteiger partial charge in [0.05, 0.1) is 0 Å². The number of methoxy groups -OCH3 is 2. The van der Waals surface area contributed by atoms with Gasteiger partial charge in [0.25, 0.3) is 0 Å². The fourth-order valence-electron chi connectivity index (χ4n) is 0.753. The molecule has 3 heteroatoms. The monoisotopic (exact) mass is 161 g/mol. The fourth-order valence-corrected chi connectivity index (χ4v) is 0.753. The Balaban J connectivity index is 3.21. The molecule has 0 aliphatic carbocycles. The second kappa shape index (κ2) is 6.58. The molecule has 0 spiro atoms. The van der Waals surface area contributed by atoms with Crippen LogP contribution in [0.2, 0.25) is 0 Å². The van der Waals surface area contributed by atoms with Crippen LogP contribution >= 0.6 is 0 Å². The van der Waals surface area contributed by atoms with Crippen LogP contribution in [-0.4, -0.2) is 33.6 Å². The molecule has 0 radical (unpaired) electrons. The SMILES string of the molecule is COC(CNCC(C)C)OC. The summed E-state index contributed by atoms with van der Waals surface area (Å²) in [5.41, 5.74) is 0. The van der Waals surface area contributed by atoms with Crippen molar-refractivity contribution >= 4 is 0 Å². The Morgan fingerprint density at radius 2 is 1.64 bits per heavy atom. The first-order chi connectivity index (χ1) is 5.20. The van der Waals surface area contributed by atoms with E-state index in [-0.39, 0.29) is 6.29 Å². The molecule has 0 aliphatic heterocycles. The van der Waals surface area contributed by atoms with E-state index in [4.69, 9.17) is 9.47 Å². The highest BCUT2D eigenvalue weighted by Gasteiger charge is 2.03. The molecule has 0 rings (SSSR count). The lowest BCUT2D eigenvalue weighted by atomic mass is 10.2. The second-order valence-corrected chi connectivity index (χ2v) is 2.95. The highest BCUT2D eigenvalue weighted by molar-refractivity contribution is 4.53. The zero-order valence-corrected chi connectivity index (χ0v) is 7.89. The van der Waals surface area contributed by atoms with E-state index in [9.17, 15) is 0 Å². The number of hydrogen-bond acceptors (Lipinski definition) is 3. The third kappa shape index (κ3) is 6.28. The average Bonchev–Trinajstić information content (AvgIpc) is 1.98. The van der Waals surface area contributed by atoms with Gasteiger partial charge in [-0.1, -0.05) is 13.8 Å². The molecule has 0 bridgehead atoms. The van der Waals surface area contributed by atoms with Crippen molar-refractivity contribution in [3.63, 3.8) is 0 Å². The Morgan fingerprint density at radius 1 is 1.09 bits per heavy atom. The molecule has 0 fully saturated rings. The molecule has 0 aromatic rings. The summed E-state index contributed by atoms with van der Waals surface area (Å²) in [4.78, 5) is 0. The predicted molar refractivity (Wildman–Crippen MR) is 45.5 cm³/mol. The third-order valence-corrected chi connectivity index (χ3v) is 1.39. The van der Waals surface area contributed by atoms with E-state index in [1.165, 1.54) is 0 Å². The van der Waals surface area contributed by atoms with Crippen LogP contribution in [-0.2, 0) is 9.47 Å². The number of ether oxygens (including phenoxy) is 2. The Bertz CT molecular complexity index is 82.2. The highest BCUT2D eigenvalue weighted by atomic mass is 16.7. The lowest BCUT2D eigenvalue weighted by molar-refractivity contribution is -0.0988. The van der Waals surface area contributed by atoms with Crippen molar-refractivity contribution in [1.29, 1.82) is 0 Å². The minimum absolute atomic E-state index is 0.117. The molecule has 0 atom stereocenters. The van der Waals surface area contributed by atoms with Crippen LogP contribution in [0.3, 0.4) is 0 Å². The van der Waals surface area contributed by atoms with E-state index in [0.29, 0.717) is 5.92 Å². The van der Waals surface area contributed by atoms with Gasteiger partial charge in [-0.3, -0.25) is 0 Å². The summed E-state index contributed by atoms with van der Waals surface area (Å²) in [5, 5.41) is 3.24. The molecule has 11 heavy (non-hydrogen) atoms. The Morgan fingerprint density at radius 3 is 2.00 bits per heavy atom. The standard InChI is InChI=1S/C8H19NO2/c1-7(2)5-9-6-8(10-3)11-4/h7-9H,5-6H2,1-4H3. The zero-order chi connectivity index (χ0) is 8.69. The fraction of sp³-hybridized carbons (Fsp3) is 1.00. The molecule has 0 amide bonds. The van der Waals surface area contributed by atoms with Crippen LogP contribution in [0.4, 0.5) is 0 Å². The van der Waals surface area contributed by atoms with E-state index in [1.54, 1.807) is 14.2 Å². The van der Waals surface area contributed by atoms with Crippen LogP contribution < -0.4 is 5.32 Å². The van der Waals surface area contributed by atoms with E-state index in [0.717, 1.165) is 13.1 Å². The van der Waals surface area contributed by atoms with E-state index >= 15 is 0 Å².